The largest absolute Gasteiger partial charge is 0.478 e. The molecule has 2 N–H and O–H groups in total. The first-order valence-corrected chi connectivity index (χ1v) is 9.60. The zero-order chi connectivity index (χ0) is 18.0. The Balaban J connectivity index is 1.92. The number of carboxylic acids is 1. The Kier molecular flexibility index (Phi) is 4.56. The lowest BCUT2D eigenvalue weighted by Crippen LogP contribution is -2.13. The van der Waals surface area contributed by atoms with Crippen molar-refractivity contribution < 1.29 is 18.3 Å². The van der Waals surface area contributed by atoms with Crippen molar-refractivity contribution in [2.24, 2.45) is 0 Å². The summed E-state index contributed by atoms with van der Waals surface area (Å²) in [6.07, 6.45) is 0. The van der Waals surface area contributed by atoms with Gasteiger partial charge in [-0.25, -0.2) is 18.2 Å². The Bertz CT molecular complexity index is 1040. The first kappa shape index (κ1) is 17.1. The molecule has 0 aliphatic carbocycles. The van der Waals surface area contributed by atoms with Crippen molar-refractivity contribution in [2.45, 2.75) is 11.8 Å². The average Bonchev–Trinajstić information content (AvgIpc) is 3.01. The quantitative estimate of drug-likeness (QED) is 0.711. The van der Waals surface area contributed by atoms with Crippen molar-refractivity contribution in [3.63, 3.8) is 0 Å². The third-order valence-electron chi connectivity index (χ3n) is 3.42. The van der Waals surface area contributed by atoms with E-state index in [0.717, 1.165) is 5.01 Å². The number of sulfonamides is 1. The van der Waals surface area contributed by atoms with Crippen LogP contribution in [0.4, 0.5) is 5.69 Å². The SMILES string of the molecule is Cc1nc(-c2cccc(S(=O)(=O)Nc3cccc(C(=O)O)c3)c2)cs1. The molecule has 0 aliphatic rings. The number of nitrogens with one attached hydrogen (secondary N) is 1. The van der Waals surface area contributed by atoms with E-state index in [9.17, 15) is 13.2 Å². The maximum absolute atomic E-state index is 12.6. The summed E-state index contributed by atoms with van der Waals surface area (Å²) in [5.74, 6) is -1.12. The molecule has 0 unspecified atom stereocenters. The van der Waals surface area contributed by atoms with Gasteiger partial charge in [-0.15, -0.1) is 11.3 Å². The molecule has 0 radical (unpaired) electrons. The van der Waals surface area contributed by atoms with Gasteiger partial charge in [-0.2, -0.15) is 0 Å². The number of anilines is 1. The van der Waals surface area contributed by atoms with E-state index in [0.29, 0.717) is 11.3 Å². The molecule has 6 nitrogen and oxygen atoms in total. The Labute approximate surface area is 148 Å². The Hall–Kier alpha value is -2.71. The normalized spacial score (nSPS) is 11.2. The number of carboxylic acid groups (broad SMARTS) is 1. The summed E-state index contributed by atoms with van der Waals surface area (Å²) in [5, 5.41) is 11.8. The molecule has 0 atom stereocenters. The van der Waals surface area contributed by atoms with Gasteiger partial charge in [0.05, 0.1) is 21.2 Å². The summed E-state index contributed by atoms with van der Waals surface area (Å²) >= 11 is 1.49. The average molecular weight is 374 g/mol. The fraction of sp³-hybridized carbons (Fsp3) is 0.0588. The molecule has 0 saturated carbocycles. The molecule has 0 bridgehead atoms. The molecule has 3 rings (SSSR count). The third-order valence-corrected chi connectivity index (χ3v) is 5.57. The third kappa shape index (κ3) is 3.86. The summed E-state index contributed by atoms with van der Waals surface area (Å²) < 4.78 is 27.6. The molecule has 128 valence electrons. The van der Waals surface area contributed by atoms with Gasteiger partial charge < -0.3 is 5.11 Å². The minimum atomic E-state index is -3.85. The number of thiazole rings is 1. The maximum atomic E-state index is 12.6. The predicted octanol–water partition coefficient (Wildman–Crippen LogP) is 3.62. The van der Waals surface area contributed by atoms with E-state index in [1.54, 1.807) is 12.1 Å². The Morgan fingerprint density at radius 2 is 1.92 bits per heavy atom. The lowest BCUT2D eigenvalue weighted by Gasteiger charge is -2.09. The van der Waals surface area contributed by atoms with Gasteiger partial charge in [0.15, 0.2) is 0 Å². The van der Waals surface area contributed by atoms with Gasteiger partial charge >= 0.3 is 5.97 Å². The van der Waals surface area contributed by atoms with Crippen LogP contribution < -0.4 is 4.72 Å². The molecule has 0 saturated heterocycles. The van der Waals surface area contributed by atoms with Crippen LogP contribution in [-0.2, 0) is 10.0 Å². The van der Waals surface area contributed by atoms with E-state index in [1.165, 1.54) is 47.7 Å². The van der Waals surface area contributed by atoms with Gasteiger partial charge in [-0.1, -0.05) is 18.2 Å². The van der Waals surface area contributed by atoms with Gasteiger partial charge in [0.25, 0.3) is 10.0 Å². The number of hydrogen-bond acceptors (Lipinski definition) is 5. The lowest BCUT2D eigenvalue weighted by atomic mass is 10.2. The minimum absolute atomic E-state index is 0.00639. The van der Waals surface area contributed by atoms with Crippen LogP contribution in [0, 0.1) is 6.92 Å². The molecule has 8 heteroatoms. The molecule has 25 heavy (non-hydrogen) atoms. The Morgan fingerprint density at radius 3 is 2.60 bits per heavy atom. The standard InChI is InChI=1S/C17H14N2O4S2/c1-11-18-16(10-24-11)12-4-3-7-15(9-12)25(22,23)19-14-6-2-5-13(8-14)17(20)21/h2-10,19H,1H3,(H,20,21). The highest BCUT2D eigenvalue weighted by Crippen LogP contribution is 2.25. The van der Waals surface area contributed by atoms with Crippen molar-refractivity contribution in [1.29, 1.82) is 0 Å². The molecular formula is C17H14N2O4S2. The van der Waals surface area contributed by atoms with E-state index in [1.807, 2.05) is 12.3 Å². The fourth-order valence-electron chi connectivity index (χ4n) is 2.25. The molecule has 1 aromatic heterocycles. The van der Waals surface area contributed by atoms with Crippen LogP contribution in [0.5, 0.6) is 0 Å². The van der Waals surface area contributed by atoms with E-state index < -0.39 is 16.0 Å². The Morgan fingerprint density at radius 1 is 1.16 bits per heavy atom. The van der Waals surface area contributed by atoms with Crippen molar-refractivity contribution in [1.82, 2.24) is 4.98 Å². The van der Waals surface area contributed by atoms with Crippen LogP contribution >= 0.6 is 11.3 Å². The first-order valence-electron chi connectivity index (χ1n) is 7.24. The molecule has 2 aromatic carbocycles. The van der Waals surface area contributed by atoms with Crippen LogP contribution in [-0.4, -0.2) is 24.5 Å². The summed E-state index contributed by atoms with van der Waals surface area (Å²) in [6, 6.07) is 12.1. The fourth-order valence-corrected chi connectivity index (χ4v) is 3.97. The molecule has 3 aromatic rings. The van der Waals surface area contributed by atoms with Crippen LogP contribution in [0.15, 0.2) is 58.8 Å². The minimum Gasteiger partial charge on any atom is -0.478 e. The number of aromatic carboxylic acids is 1. The summed E-state index contributed by atoms with van der Waals surface area (Å²) in [6.45, 7) is 1.88. The predicted molar refractivity (Wildman–Crippen MR) is 96.5 cm³/mol. The lowest BCUT2D eigenvalue weighted by molar-refractivity contribution is 0.0697. The number of aryl methyl sites for hydroxylation is 1. The smallest absolute Gasteiger partial charge is 0.335 e. The summed E-state index contributed by atoms with van der Waals surface area (Å²) in [7, 11) is -3.85. The van der Waals surface area contributed by atoms with Crippen LogP contribution in [0.1, 0.15) is 15.4 Å². The van der Waals surface area contributed by atoms with Crippen LogP contribution in [0.3, 0.4) is 0 Å². The van der Waals surface area contributed by atoms with Gasteiger partial charge in [-0.05, 0) is 37.3 Å². The highest BCUT2D eigenvalue weighted by atomic mass is 32.2. The van der Waals surface area contributed by atoms with Crippen molar-refractivity contribution in [3.05, 3.63) is 64.5 Å². The second-order valence-corrected chi connectivity index (χ2v) is 8.02. The van der Waals surface area contributed by atoms with Gasteiger partial charge in [0.1, 0.15) is 0 Å². The van der Waals surface area contributed by atoms with Gasteiger partial charge in [-0.3, -0.25) is 4.72 Å². The van der Waals surface area contributed by atoms with Crippen molar-refractivity contribution in [2.75, 3.05) is 4.72 Å². The molecular weight excluding hydrogens is 360 g/mol. The number of aromatic nitrogens is 1. The van der Waals surface area contributed by atoms with Gasteiger partial charge in [0.2, 0.25) is 0 Å². The van der Waals surface area contributed by atoms with E-state index in [2.05, 4.69) is 9.71 Å². The first-order chi connectivity index (χ1) is 11.8. The monoisotopic (exact) mass is 374 g/mol. The van der Waals surface area contributed by atoms with Gasteiger partial charge in [0, 0.05) is 16.6 Å². The zero-order valence-electron chi connectivity index (χ0n) is 13.1. The highest BCUT2D eigenvalue weighted by Gasteiger charge is 2.16. The second-order valence-electron chi connectivity index (χ2n) is 5.27. The maximum Gasteiger partial charge on any atom is 0.335 e. The van der Waals surface area contributed by atoms with Crippen LogP contribution in [0.2, 0.25) is 0 Å². The number of nitrogens with zero attached hydrogens (tertiary/aromatic N) is 1. The van der Waals surface area contributed by atoms with E-state index in [-0.39, 0.29) is 16.1 Å². The van der Waals surface area contributed by atoms with E-state index >= 15 is 0 Å². The van der Waals surface area contributed by atoms with Crippen LogP contribution in [0.25, 0.3) is 11.3 Å². The zero-order valence-corrected chi connectivity index (χ0v) is 14.8. The number of rotatable bonds is 5. The summed E-state index contributed by atoms with van der Waals surface area (Å²) in [5.41, 5.74) is 1.61. The second kappa shape index (κ2) is 6.66. The number of benzene rings is 2. The molecule has 0 aliphatic heterocycles. The van der Waals surface area contributed by atoms with E-state index in [4.69, 9.17) is 5.11 Å². The summed E-state index contributed by atoms with van der Waals surface area (Å²) in [4.78, 5) is 15.4. The van der Waals surface area contributed by atoms with Crippen molar-refractivity contribution >= 4 is 33.0 Å². The topological polar surface area (TPSA) is 96.4 Å². The molecule has 0 amide bonds. The molecule has 0 fully saturated rings. The number of hydrogen-bond donors (Lipinski definition) is 2. The highest BCUT2D eigenvalue weighted by molar-refractivity contribution is 7.92. The molecule has 0 spiro atoms. The molecule has 1 heterocycles. The van der Waals surface area contributed by atoms with Crippen molar-refractivity contribution in [3.8, 4) is 11.3 Å². The number of carbonyl (C=O) groups is 1.